The molecule has 1 aliphatic rings. The van der Waals surface area contributed by atoms with Crippen molar-refractivity contribution in [2.75, 3.05) is 6.61 Å². The number of hydrogen-bond acceptors (Lipinski definition) is 7. The number of hydrogen-bond donors (Lipinski definition) is 0. The predicted molar refractivity (Wildman–Crippen MR) is 119 cm³/mol. The second-order valence-electron chi connectivity index (χ2n) is 7.34. The average molecular weight is 432 g/mol. The minimum Gasteiger partial charge on any atom is -0.462 e. The third-order valence-corrected chi connectivity index (χ3v) is 6.15. The van der Waals surface area contributed by atoms with Gasteiger partial charge in [-0.05, 0) is 41.8 Å². The molecule has 1 fully saturated rings. The maximum Gasteiger partial charge on any atom is 0.340 e. The van der Waals surface area contributed by atoms with Crippen molar-refractivity contribution in [3.63, 3.8) is 0 Å². The Hall–Kier alpha value is -3.26. The summed E-state index contributed by atoms with van der Waals surface area (Å²) in [6.07, 6.45) is 2.19. The van der Waals surface area contributed by atoms with Gasteiger partial charge in [0.25, 0.3) is 0 Å². The van der Waals surface area contributed by atoms with E-state index in [2.05, 4.69) is 15.5 Å². The van der Waals surface area contributed by atoms with Gasteiger partial charge in [-0.3, -0.25) is 4.98 Å². The number of thioether (sulfide) groups is 1. The first-order valence-electron chi connectivity index (χ1n) is 10.3. The first-order chi connectivity index (χ1) is 15.3. The second-order valence-corrected chi connectivity index (χ2v) is 8.28. The summed E-state index contributed by atoms with van der Waals surface area (Å²) in [4.78, 5) is 18.0. The normalized spacial score (nSPS) is 13.5. The number of para-hydroxylation sites is 1. The maximum atomic E-state index is 13.1. The van der Waals surface area contributed by atoms with E-state index in [1.165, 1.54) is 11.8 Å². The molecular weight excluding hydrogens is 410 g/mol. The van der Waals surface area contributed by atoms with E-state index in [-0.39, 0.29) is 5.97 Å². The summed E-state index contributed by atoms with van der Waals surface area (Å²) in [6.45, 7) is 2.11. The van der Waals surface area contributed by atoms with Gasteiger partial charge in [0.2, 0.25) is 5.16 Å². The van der Waals surface area contributed by atoms with E-state index in [9.17, 15) is 4.79 Å². The van der Waals surface area contributed by atoms with Crippen LogP contribution in [0.15, 0.2) is 59.8 Å². The van der Waals surface area contributed by atoms with E-state index in [0.29, 0.717) is 29.7 Å². The van der Waals surface area contributed by atoms with Gasteiger partial charge in [-0.1, -0.05) is 60.3 Å². The van der Waals surface area contributed by atoms with Crippen LogP contribution in [0.4, 0.5) is 0 Å². The molecule has 156 valence electrons. The molecule has 4 aromatic rings. The van der Waals surface area contributed by atoms with Crippen molar-refractivity contribution in [3.8, 4) is 11.1 Å². The van der Waals surface area contributed by atoms with Gasteiger partial charge in [-0.25, -0.2) is 9.48 Å². The van der Waals surface area contributed by atoms with Crippen LogP contribution < -0.4 is 0 Å². The molecular formula is C23H21N5O2S. The van der Waals surface area contributed by atoms with Gasteiger partial charge in [-0.15, -0.1) is 5.10 Å². The van der Waals surface area contributed by atoms with Gasteiger partial charge in [0.1, 0.15) is 0 Å². The number of nitrogens with zero attached hydrogens (tertiary/aromatic N) is 5. The minimum atomic E-state index is -0.364. The highest BCUT2D eigenvalue weighted by molar-refractivity contribution is 7.98. The summed E-state index contributed by atoms with van der Waals surface area (Å²) in [5.74, 6) is 0.100. The summed E-state index contributed by atoms with van der Waals surface area (Å²) >= 11 is 1.49. The maximum absolute atomic E-state index is 13.1. The lowest BCUT2D eigenvalue weighted by molar-refractivity contribution is 0.0526. The monoisotopic (exact) mass is 431 g/mol. The highest BCUT2D eigenvalue weighted by Crippen LogP contribution is 2.38. The first kappa shape index (κ1) is 19.7. The molecule has 7 nitrogen and oxygen atoms in total. The molecule has 0 radical (unpaired) electrons. The predicted octanol–water partition coefficient (Wildman–Crippen LogP) is 4.69. The van der Waals surface area contributed by atoms with Crippen LogP contribution in [0.5, 0.6) is 0 Å². The molecule has 1 aliphatic carbocycles. The van der Waals surface area contributed by atoms with Crippen LogP contribution in [-0.2, 0) is 10.5 Å². The van der Waals surface area contributed by atoms with E-state index in [4.69, 9.17) is 9.72 Å². The van der Waals surface area contributed by atoms with Crippen LogP contribution in [0.1, 0.15) is 41.9 Å². The van der Waals surface area contributed by atoms with Crippen molar-refractivity contribution in [1.29, 1.82) is 0 Å². The smallest absolute Gasteiger partial charge is 0.340 e. The molecule has 5 rings (SSSR count). The van der Waals surface area contributed by atoms with Gasteiger partial charge in [0, 0.05) is 16.7 Å². The van der Waals surface area contributed by atoms with E-state index in [1.54, 1.807) is 0 Å². The highest BCUT2D eigenvalue weighted by Gasteiger charge is 2.29. The van der Waals surface area contributed by atoms with Gasteiger partial charge in [0.15, 0.2) is 0 Å². The van der Waals surface area contributed by atoms with E-state index in [1.807, 2.05) is 66.2 Å². The SMILES string of the molecule is CCOC(=O)c1c(CSc2nnnn2C2CC2)nc2ccccc2c1-c1ccccc1. The molecule has 0 bridgehead atoms. The number of fused-ring (bicyclic) bond motifs is 1. The number of benzene rings is 2. The first-order valence-corrected chi connectivity index (χ1v) is 11.3. The van der Waals surface area contributed by atoms with Gasteiger partial charge >= 0.3 is 5.97 Å². The number of carbonyl (C=O) groups excluding carboxylic acids is 1. The fourth-order valence-corrected chi connectivity index (χ4v) is 4.54. The lowest BCUT2D eigenvalue weighted by atomic mass is 9.94. The van der Waals surface area contributed by atoms with Crippen LogP contribution in [0.25, 0.3) is 22.0 Å². The lowest BCUT2D eigenvalue weighted by Gasteiger charge is -2.16. The topological polar surface area (TPSA) is 82.8 Å². The number of aromatic nitrogens is 5. The van der Waals surface area contributed by atoms with Crippen molar-refractivity contribution in [1.82, 2.24) is 25.2 Å². The number of tetrazole rings is 1. The molecule has 0 amide bonds. The van der Waals surface area contributed by atoms with E-state index >= 15 is 0 Å². The van der Waals surface area contributed by atoms with Crippen molar-refractivity contribution in [3.05, 3.63) is 65.9 Å². The Balaban J connectivity index is 1.65. The summed E-state index contributed by atoms with van der Waals surface area (Å²) in [7, 11) is 0. The van der Waals surface area contributed by atoms with Crippen molar-refractivity contribution in [2.45, 2.75) is 36.7 Å². The average Bonchev–Trinajstić information content (AvgIpc) is 3.54. The van der Waals surface area contributed by atoms with Gasteiger partial charge in [-0.2, -0.15) is 0 Å². The molecule has 8 heteroatoms. The van der Waals surface area contributed by atoms with E-state index < -0.39 is 0 Å². The zero-order valence-electron chi connectivity index (χ0n) is 17.1. The Morgan fingerprint density at radius 2 is 1.90 bits per heavy atom. The molecule has 2 heterocycles. The zero-order chi connectivity index (χ0) is 21.2. The lowest BCUT2D eigenvalue weighted by Crippen LogP contribution is -2.12. The molecule has 0 atom stereocenters. The Morgan fingerprint density at radius 1 is 1.13 bits per heavy atom. The fourth-order valence-electron chi connectivity index (χ4n) is 3.66. The molecule has 0 saturated heterocycles. The molecule has 2 aromatic carbocycles. The molecule has 0 aliphatic heterocycles. The molecule has 0 unspecified atom stereocenters. The van der Waals surface area contributed by atoms with Crippen molar-refractivity contribution in [2.24, 2.45) is 0 Å². The number of pyridine rings is 1. The van der Waals surface area contributed by atoms with Crippen LogP contribution in [0, 0.1) is 0 Å². The second kappa shape index (κ2) is 8.47. The Bertz CT molecular complexity index is 1240. The van der Waals surface area contributed by atoms with Crippen molar-refractivity contribution < 1.29 is 9.53 Å². The number of carbonyl (C=O) groups is 1. The van der Waals surface area contributed by atoms with Gasteiger partial charge < -0.3 is 4.74 Å². The third-order valence-electron chi connectivity index (χ3n) is 5.20. The van der Waals surface area contributed by atoms with Crippen LogP contribution in [0.3, 0.4) is 0 Å². The highest BCUT2D eigenvalue weighted by atomic mass is 32.2. The number of esters is 1. The van der Waals surface area contributed by atoms with Gasteiger partial charge in [0.05, 0.1) is 29.4 Å². The Kier molecular flexibility index (Phi) is 5.38. The van der Waals surface area contributed by atoms with E-state index in [0.717, 1.165) is 40.0 Å². The molecule has 0 spiro atoms. The largest absolute Gasteiger partial charge is 0.462 e. The fraction of sp³-hybridized carbons (Fsp3) is 0.261. The van der Waals surface area contributed by atoms with Crippen molar-refractivity contribution >= 4 is 28.6 Å². The standard InChI is InChI=1S/C23H21N5O2S/c1-2-30-22(29)21-19(14-31-23-25-26-27-28(23)16-12-13-16)24-18-11-7-6-10-17(18)20(21)15-8-4-3-5-9-15/h3-11,16H,2,12-14H2,1H3. The molecule has 0 N–H and O–H groups in total. The zero-order valence-corrected chi connectivity index (χ0v) is 17.9. The number of rotatable bonds is 7. The summed E-state index contributed by atoms with van der Waals surface area (Å²) < 4.78 is 7.32. The third kappa shape index (κ3) is 3.90. The number of ether oxygens (including phenoxy) is 1. The molecule has 2 aromatic heterocycles. The Labute approximate surface area is 183 Å². The van der Waals surface area contributed by atoms with Crippen LogP contribution in [0.2, 0.25) is 0 Å². The summed E-state index contributed by atoms with van der Waals surface area (Å²) in [6, 6.07) is 18.2. The summed E-state index contributed by atoms with van der Waals surface area (Å²) in [5.41, 5.74) is 3.82. The quantitative estimate of drug-likeness (QED) is 0.310. The molecule has 1 saturated carbocycles. The van der Waals surface area contributed by atoms with Crippen LogP contribution >= 0.6 is 11.8 Å². The minimum absolute atomic E-state index is 0.298. The summed E-state index contributed by atoms with van der Waals surface area (Å²) in [5, 5.41) is 13.8. The van der Waals surface area contributed by atoms with Crippen LogP contribution in [-0.4, -0.2) is 37.8 Å². The molecule has 31 heavy (non-hydrogen) atoms. The Morgan fingerprint density at radius 3 is 2.68 bits per heavy atom.